The normalized spacial score (nSPS) is 10.5. The fourth-order valence-corrected chi connectivity index (χ4v) is 1.77. The number of carboxylic acids is 1. The number of nitrogens with one attached hydrogen (secondary N) is 1. The van der Waals surface area contributed by atoms with Gasteiger partial charge in [-0.15, -0.1) is 0 Å². The van der Waals surface area contributed by atoms with E-state index in [2.05, 4.69) is 24.1 Å². The molecule has 0 radical (unpaired) electrons. The highest BCUT2D eigenvalue weighted by Crippen LogP contribution is 1.94. The van der Waals surface area contributed by atoms with E-state index in [1.54, 1.807) is 7.05 Å². The van der Waals surface area contributed by atoms with Crippen molar-refractivity contribution < 1.29 is 14.7 Å². The second-order valence-corrected chi connectivity index (χ2v) is 4.59. The predicted molar refractivity (Wildman–Crippen MR) is 75.3 cm³/mol. The van der Waals surface area contributed by atoms with E-state index in [0.29, 0.717) is 19.5 Å². The first-order valence-electron chi connectivity index (χ1n) is 6.94. The molecule has 2 N–H and O–H groups in total. The lowest BCUT2D eigenvalue weighted by molar-refractivity contribution is -0.137. The standard InChI is InChI=1S/C13H27N3O3/c1-4-9-16(5-2)11-8-14-13(19)15(3)10-6-7-12(17)18/h4-11H2,1-3H3,(H,14,19)(H,17,18). The quantitative estimate of drug-likeness (QED) is 0.628. The maximum Gasteiger partial charge on any atom is 0.317 e. The Hall–Kier alpha value is -1.30. The van der Waals surface area contributed by atoms with Gasteiger partial charge in [-0.2, -0.15) is 0 Å². The Morgan fingerprint density at radius 2 is 1.84 bits per heavy atom. The fourth-order valence-electron chi connectivity index (χ4n) is 1.77. The molecule has 0 aromatic heterocycles. The van der Waals surface area contributed by atoms with Gasteiger partial charge in [-0.25, -0.2) is 4.79 Å². The molecule has 6 heteroatoms. The molecule has 0 unspecified atom stereocenters. The molecule has 0 saturated heterocycles. The summed E-state index contributed by atoms with van der Waals surface area (Å²) in [7, 11) is 1.68. The van der Waals surface area contributed by atoms with Crippen LogP contribution in [0.25, 0.3) is 0 Å². The number of likely N-dealkylation sites (N-methyl/N-ethyl adjacent to an activating group) is 1. The number of aliphatic carboxylic acids is 1. The van der Waals surface area contributed by atoms with Crippen LogP contribution in [-0.4, -0.2) is 66.7 Å². The third kappa shape index (κ3) is 9.30. The van der Waals surface area contributed by atoms with Gasteiger partial charge < -0.3 is 20.2 Å². The number of carbonyl (C=O) groups excluding carboxylic acids is 1. The molecule has 0 aromatic rings. The first-order chi connectivity index (χ1) is 9.01. The molecule has 0 bridgehead atoms. The summed E-state index contributed by atoms with van der Waals surface area (Å²) >= 11 is 0. The fraction of sp³-hybridized carbons (Fsp3) is 0.846. The molecule has 0 aromatic carbocycles. The van der Waals surface area contributed by atoms with Crippen LogP contribution in [0.5, 0.6) is 0 Å². The van der Waals surface area contributed by atoms with Crippen molar-refractivity contribution in [2.75, 3.05) is 39.8 Å². The lowest BCUT2D eigenvalue weighted by Crippen LogP contribution is -2.41. The second kappa shape index (κ2) is 10.6. The molecule has 0 saturated carbocycles. The van der Waals surface area contributed by atoms with Crippen LogP contribution >= 0.6 is 0 Å². The lowest BCUT2D eigenvalue weighted by atomic mass is 10.3. The number of hydrogen-bond acceptors (Lipinski definition) is 3. The van der Waals surface area contributed by atoms with E-state index in [9.17, 15) is 9.59 Å². The van der Waals surface area contributed by atoms with Gasteiger partial charge in [-0.1, -0.05) is 13.8 Å². The minimum absolute atomic E-state index is 0.0950. The number of rotatable bonds is 10. The van der Waals surface area contributed by atoms with Crippen molar-refractivity contribution >= 4 is 12.0 Å². The van der Waals surface area contributed by atoms with Crippen molar-refractivity contribution in [1.29, 1.82) is 0 Å². The van der Waals surface area contributed by atoms with Crippen molar-refractivity contribution in [1.82, 2.24) is 15.1 Å². The summed E-state index contributed by atoms with van der Waals surface area (Å²) < 4.78 is 0. The Morgan fingerprint density at radius 1 is 1.16 bits per heavy atom. The zero-order chi connectivity index (χ0) is 14.7. The van der Waals surface area contributed by atoms with Crippen molar-refractivity contribution in [3.05, 3.63) is 0 Å². The van der Waals surface area contributed by atoms with Crippen LogP contribution in [0.1, 0.15) is 33.1 Å². The van der Waals surface area contributed by atoms with Crippen molar-refractivity contribution in [3.8, 4) is 0 Å². The van der Waals surface area contributed by atoms with Crippen LogP contribution in [0.3, 0.4) is 0 Å². The summed E-state index contributed by atoms with van der Waals surface area (Å²) in [5.74, 6) is -0.827. The SMILES string of the molecule is CCCN(CC)CCNC(=O)N(C)CCCC(=O)O. The minimum atomic E-state index is -0.827. The lowest BCUT2D eigenvalue weighted by Gasteiger charge is -2.21. The molecular weight excluding hydrogens is 246 g/mol. The highest BCUT2D eigenvalue weighted by Gasteiger charge is 2.09. The van der Waals surface area contributed by atoms with Crippen LogP contribution in [-0.2, 0) is 4.79 Å². The average molecular weight is 273 g/mol. The number of urea groups is 1. The second-order valence-electron chi connectivity index (χ2n) is 4.59. The molecule has 0 heterocycles. The van der Waals surface area contributed by atoms with Gasteiger partial charge in [0, 0.05) is 33.1 Å². The van der Waals surface area contributed by atoms with E-state index in [1.807, 2.05) is 0 Å². The molecular formula is C13H27N3O3. The van der Waals surface area contributed by atoms with Crippen molar-refractivity contribution in [2.45, 2.75) is 33.1 Å². The van der Waals surface area contributed by atoms with Gasteiger partial charge in [0.1, 0.15) is 0 Å². The Balaban J connectivity index is 3.74. The summed E-state index contributed by atoms with van der Waals surface area (Å²) in [5.41, 5.74) is 0. The Labute approximate surface area is 115 Å². The summed E-state index contributed by atoms with van der Waals surface area (Å²) in [5, 5.41) is 11.4. The zero-order valence-electron chi connectivity index (χ0n) is 12.3. The van der Waals surface area contributed by atoms with E-state index in [0.717, 1.165) is 26.1 Å². The van der Waals surface area contributed by atoms with Gasteiger partial charge in [0.15, 0.2) is 0 Å². The van der Waals surface area contributed by atoms with E-state index in [4.69, 9.17) is 5.11 Å². The average Bonchev–Trinajstić information content (AvgIpc) is 2.36. The molecule has 0 aliphatic carbocycles. The largest absolute Gasteiger partial charge is 0.481 e. The molecule has 0 aliphatic rings. The maximum absolute atomic E-state index is 11.7. The minimum Gasteiger partial charge on any atom is -0.481 e. The van der Waals surface area contributed by atoms with Gasteiger partial charge in [0.2, 0.25) is 0 Å². The summed E-state index contributed by atoms with van der Waals surface area (Å²) in [4.78, 5) is 25.9. The van der Waals surface area contributed by atoms with Gasteiger partial charge >= 0.3 is 12.0 Å². The van der Waals surface area contributed by atoms with Crippen molar-refractivity contribution in [2.24, 2.45) is 0 Å². The first-order valence-corrected chi connectivity index (χ1v) is 6.94. The first kappa shape index (κ1) is 17.7. The Kier molecular flexibility index (Phi) is 9.88. The van der Waals surface area contributed by atoms with Gasteiger partial charge in [0.25, 0.3) is 0 Å². The summed E-state index contributed by atoms with van der Waals surface area (Å²) in [6.45, 7) is 8.20. The van der Waals surface area contributed by atoms with Gasteiger partial charge in [0.05, 0.1) is 0 Å². The van der Waals surface area contributed by atoms with E-state index in [-0.39, 0.29) is 12.5 Å². The third-order valence-corrected chi connectivity index (χ3v) is 2.92. The molecule has 2 amide bonds. The van der Waals surface area contributed by atoms with Crippen LogP contribution in [0.4, 0.5) is 4.79 Å². The van der Waals surface area contributed by atoms with E-state index >= 15 is 0 Å². The third-order valence-electron chi connectivity index (χ3n) is 2.92. The highest BCUT2D eigenvalue weighted by molar-refractivity contribution is 5.73. The smallest absolute Gasteiger partial charge is 0.317 e. The van der Waals surface area contributed by atoms with E-state index in [1.165, 1.54) is 4.90 Å². The van der Waals surface area contributed by atoms with E-state index < -0.39 is 5.97 Å². The predicted octanol–water partition coefficient (Wildman–Crippen LogP) is 1.22. The molecule has 0 atom stereocenters. The van der Waals surface area contributed by atoms with Crippen LogP contribution in [0.15, 0.2) is 0 Å². The van der Waals surface area contributed by atoms with Crippen LogP contribution in [0, 0.1) is 0 Å². The Morgan fingerprint density at radius 3 is 2.37 bits per heavy atom. The molecule has 0 fully saturated rings. The van der Waals surface area contributed by atoms with Crippen LogP contribution < -0.4 is 5.32 Å². The van der Waals surface area contributed by atoms with Crippen molar-refractivity contribution in [3.63, 3.8) is 0 Å². The summed E-state index contributed by atoms with van der Waals surface area (Å²) in [6.07, 6.45) is 1.69. The molecule has 0 rings (SSSR count). The molecule has 0 spiro atoms. The number of carbonyl (C=O) groups is 2. The highest BCUT2D eigenvalue weighted by atomic mass is 16.4. The number of carboxylic acid groups (broad SMARTS) is 1. The molecule has 112 valence electrons. The maximum atomic E-state index is 11.7. The number of hydrogen-bond donors (Lipinski definition) is 2. The molecule has 0 aliphatic heterocycles. The van der Waals surface area contributed by atoms with Gasteiger partial charge in [-0.05, 0) is 25.9 Å². The molecule has 6 nitrogen and oxygen atoms in total. The summed E-state index contributed by atoms with van der Waals surface area (Å²) in [6, 6.07) is -0.141. The number of amides is 2. The monoisotopic (exact) mass is 273 g/mol. The number of nitrogens with zero attached hydrogens (tertiary/aromatic N) is 2. The Bertz CT molecular complexity index is 272. The zero-order valence-corrected chi connectivity index (χ0v) is 12.3. The molecule has 19 heavy (non-hydrogen) atoms. The van der Waals surface area contributed by atoms with Gasteiger partial charge in [-0.3, -0.25) is 4.79 Å². The topological polar surface area (TPSA) is 72.9 Å². The van der Waals surface area contributed by atoms with Crippen LogP contribution in [0.2, 0.25) is 0 Å².